The Morgan fingerprint density at radius 2 is 2.33 bits per heavy atom. The molecule has 0 amide bonds. The number of nitro groups is 1. The Labute approximate surface area is 66.4 Å². The van der Waals surface area contributed by atoms with Crippen LogP contribution >= 0.6 is 0 Å². The lowest BCUT2D eigenvalue weighted by Crippen LogP contribution is -1.88. The highest BCUT2D eigenvalue weighted by molar-refractivity contribution is 5.75. The number of nitrogens with one attached hydrogen (secondary N) is 1. The summed E-state index contributed by atoms with van der Waals surface area (Å²) in [5.74, 6) is 0. The molecule has 1 N–H and O–H groups in total. The molecular weight excluding hydrogens is 160 g/mol. The first-order valence-electron chi connectivity index (χ1n) is 3.21. The molecule has 6 heteroatoms. The van der Waals surface area contributed by atoms with Crippen LogP contribution in [0.3, 0.4) is 0 Å². The fourth-order valence-corrected chi connectivity index (χ4v) is 0.925. The summed E-state index contributed by atoms with van der Waals surface area (Å²) in [7, 11) is 0. The van der Waals surface area contributed by atoms with Crippen molar-refractivity contribution in [3.63, 3.8) is 0 Å². The maximum atomic E-state index is 10.3. The summed E-state index contributed by atoms with van der Waals surface area (Å²) in [6.07, 6.45) is 2.69. The molecule has 0 aliphatic heterocycles. The number of H-pyrrole nitrogens is 1. The number of aromatic amines is 1. The van der Waals surface area contributed by atoms with Gasteiger partial charge in [0, 0.05) is 11.5 Å². The van der Waals surface area contributed by atoms with Crippen molar-refractivity contribution in [1.29, 1.82) is 0 Å². The number of rotatable bonds is 1. The lowest BCUT2D eigenvalue weighted by atomic mass is 10.3. The number of pyridine rings is 1. The predicted octanol–water partition coefficient (Wildman–Crippen LogP) is 0.866. The molecule has 0 fully saturated rings. The van der Waals surface area contributed by atoms with Gasteiger partial charge in [0.1, 0.15) is 6.20 Å². The largest absolute Gasteiger partial charge is 0.288 e. The molecule has 2 aromatic heterocycles. The minimum atomic E-state index is -0.487. The standard InChI is InChI=1S/C6H4N4O2/c11-10(12)5-1-4-2-8-9-6(4)7-3-5/h1-3H,(H,7,8,9). The van der Waals surface area contributed by atoms with Crippen LogP contribution < -0.4 is 0 Å². The third-order valence-electron chi connectivity index (χ3n) is 1.49. The number of nitrogens with zero attached hydrogens (tertiary/aromatic N) is 3. The van der Waals surface area contributed by atoms with Gasteiger partial charge >= 0.3 is 0 Å². The molecule has 0 saturated heterocycles. The Kier molecular flexibility index (Phi) is 1.26. The van der Waals surface area contributed by atoms with Crippen LogP contribution in [-0.4, -0.2) is 20.1 Å². The van der Waals surface area contributed by atoms with E-state index in [1.165, 1.54) is 18.5 Å². The molecule has 0 spiro atoms. The summed E-state index contributed by atoms with van der Waals surface area (Å²) < 4.78 is 0. The van der Waals surface area contributed by atoms with Gasteiger partial charge in [-0.05, 0) is 0 Å². The second-order valence-electron chi connectivity index (χ2n) is 2.26. The average molecular weight is 164 g/mol. The van der Waals surface area contributed by atoms with Crippen LogP contribution in [0.4, 0.5) is 5.69 Å². The van der Waals surface area contributed by atoms with Gasteiger partial charge in [0.2, 0.25) is 0 Å². The zero-order valence-corrected chi connectivity index (χ0v) is 5.89. The van der Waals surface area contributed by atoms with Gasteiger partial charge in [-0.25, -0.2) is 4.98 Å². The van der Waals surface area contributed by atoms with Gasteiger partial charge in [-0.15, -0.1) is 0 Å². The van der Waals surface area contributed by atoms with Gasteiger partial charge in [0.15, 0.2) is 5.65 Å². The van der Waals surface area contributed by atoms with E-state index in [2.05, 4.69) is 15.2 Å². The minimum absolute atomic E-state index is 0.0242. The highest BCUT2D eigenvalue weighted by Crippen LogP contribution is 2.15. The SMILES string of the molecule is O=[N+]([O-])c1cnc2[nH]ncc2c1. The lowest BCUT2D eigenvalue weighted by molar-refractivity contribution is -0.385. The topological polar surface area (TPSA) is 84.7 Å². The molecule has 0 radical (unpaired) electrons. The van der Waals surface area contributed by atoms with Gasteiger partial charge in [0.05, 0.1) is 11.1 Å². The van der Waals surface area contributed by atoms with E-state index in [4.69, 9.17) is 0 Å². The van der Waals surface area contributed by atoms with Crippen LogP contribution in [0.15, 0.2) is 18.5 Å². The van der Waals surface area contributed by atoms with E-state index in [-0.39, 0.29) is 5.69 Å². The van der Waals surface area contributed by atoms with Crippen molar-refractivity contribution in [2.24, 2.45) is 0 Å². The van der Waals surface area contributed by atoms with E-state index in [9.17, 15) is 10.1 Å². The maximum absolute atomic E-state index is 10.3. The third kappa shape index (κ3) is 0.895. The minimum Gasteiger partial charge on any atom is -0.261 e. The first-order valence-corrected chi connectivity index (χ1v) is 3.21. The van der Waals surface area contributed by atoms with Crippen LogP contribution in [0.5, 0.6) is 0 Å². The number of hydrogen-bond acceptors (Lipinski definition) is 4. The molecule has 12 heavy (non-hydrogen) atoms. The Morgan fingerprint density at radius 1 is 1.50 bits per heavy atom. The Balaban J connectivity index is 2.68. The van der Waals surface area contributed by atoms with Crippen LogP contribution in [0.25, 0.3) is 11.0 Å². The van der Waals surface area contributed by atoms with Gasteiger partial charge in [0.25, 0.3) is 5.69 Å². The van der Waals surface area contributed by atoms with E-state index < -0.39 is 4.92 Å². The van der Waals surface area contributed by atoms with Crippen LogP contribution in [0.1, 0.15) is 0 Å². The predicted molar refractivity (Wildman–Crippen MR) is 40.5 cm³/mol. The molecular formula is C6H4N4O2. The van der Waals surface area contributed by atoms with E-state index in [0.29, 0.717) is 11.0 Å². The summed E-state index contributed by atoms with van der Waals surface area (Å²) in [6.45, 7) is 0. The van der Waals surface area contributed by atoms with Gasteiger partial charge < -0.3 is 0 Å². The first-order chi connectivity index (χ1) is 5.77. The van der Waals surface area contributed by atoms with Gasteiger partial charge in [-0.3, -0.25) is 15.2 Å². The molecule has 0 aliphatic rings. The van der Waals surface area contributed by atoms with Crippen molar-refractivity contribution in [2.45, 2.75) is 0 Å². The lowest BCUT2D eigenvalue weighted by Gasteiger charge is -1.88. The molecule has 0 aromatic carbocycles. The molecule has 6 nitrogen and oxygen atoms in total. The van der Waals surface area contributed by atoms with Crippen molar-refractivity contribution in [2.75, 3.05) is 0 Å². The smallest absolute Gasteiger partial charge is 0.261 e. The second-order valence-corrected chi connectivity index (χ2v) is 2.26. The number of hydrogen-bond donors (Lipinski definition) is 1. The van der Waals surface area contributed by atoms with Crippen molar-refractivity contribution < 1.29 is 4.92 Å². The molecule has 0 aliphatic carbocycles. The Morgan fingerprint density at radius 3 is 3.08 bits per heavy atom. The summed E-state index contributed by atoms with van der Waals surface area (Å²) in [6, 6.07) is 1.42. The second kappa shape index (κ2) is 2.26. The molecule has 60 valence electrons. The average Bonchev–Trinajstić information content (AvgIpc) is 2.49. The number of fused-ring (bicyclic) bond motifs is 1. The van der Waals surface area contributed by atoms with Gasteiger partial charge in [-0.1, -0.05) is 0 Å². The first kappa shape index (κ1) is 6.71. The molecule has 0 bridgehead atoms. The fourth-order valence-electron chi connectivity index (χ4n) is 0.925. The molecule has 0 unspecified atom stereocenters. The highest BCUT2D eigenvalue weighted by atomic mass is 16.6. The van der Waals surface area contributed by atoms with Gasteiger partial charge in [-0.2, -0.15) is 5.10 Å². The van der Waals surface area contributed by atoms with Crippen molar-refractivity contribution in [3.8, 4) is 0 Å². The quantitative estimate of drug-likeness (QED) is 0.500. The van der Waals surface area contributed by atoms with Crippen molar-refractivity contribution in [3.05, 3.63) is 28.6 Å². The van der Waals surface area contributed by atoms with E-state index >= 15 is 0 Å². The van der Waals surface area contributed by atoms with E-state index in [0.717, 1.165) is 0 Å². The normalized spacial score (nSPS) is 10.3. The van der Waals surface area contributed by atoms with Crippen LogP contribution in [0.2, 0.25) is 0 Å². The summed E-state index contributed by atoms with van der Waals surface area (Å²) in [5.41, 5.74) is 0.532. The molecule has 2 aromatic rings. The van der Waals surface area contributed by atoms with Crippen LogP contribution in [0, 0.1) is 10.1 Å². The van der Waals surface area contributed by atoms with E-state index in [1.807, 2.05) is 0 Å². The Hall–Kier alpha value is -1.98. The summed E-state index contributed by atoms with van der Waals surface area (Å²) >= 11 is 0. The molecule has 0 saturated carbocycles. The third-order valence-corrected chi connectivity index (χ3v) is 1.49. The van der Waals surface area contributed by atoms with Crippen molar-refractivity contribution in [1.82, 2.24) is 15.2 Å². The fraction of sp³-hybridized carbons (Fsp3) is 0. The zero-order chi connectivity index (χ0) is 8.55. The highest BCUT2D eigenvalue weighted by Gasteiger charge is 2.07. The summed E-state index contributed by atoms with van der Waals surface area (Å²) in [4.78, 5) is 13.6. The summed E-state index contributed by atoms with van der Waals surface area (Å²) in [5, 5.41) is 17.2. The molecule has 2 rings (SSSR count). The van der Waals surface area contributed by atoms with E-state index in [1.54, 1.807) is 0 Å². The number of aromatic nitrogens is 3. The maximum Gasteiger partial charge on any atom is 0.288 e. The zero-order valence-electron chi connectivity index (χ0n) is 5.89. The molecule has 0 atom stereocenters. The van der Waals surface area contributed by atoms with Crippen LogP contribution in [-0.2, 0) is 0 Å². The van der Waals surface area contributed by atoms with Crippen molar-refractivity contribution >= 4 is 16.7 Å². The molecule has 2 heterocycles. The Bertz CT molecular complexity index is 436. The monoisotopic (exact) mass is 164 g/mol.